The van der Waals surface area contributed by atoms with Crippen LogP contribution in [0.15, 0.2) is 60.8 Å². The van der Waals surface area contributed by atoms with E-state index in [4.69, 9.17) is 0 Å². The highest BCUT2D eigenvalue weighted by Gasteiger charge is 2.12. The molecule has 6 nitrogen and oxygen atoms in total. The Balaban J connectivity index is 0.00000196. The van der Waals surface area contributed by atoms with Crippen molar-refractivity contribution < 1.29 is 0 Å². The molecule has 0 unspecified atom stereocenters. The summed E-state index contributed by atoms with van der Waals surface area (Å²) in [5.41, 5.74) is 3.86. The Morgan fingerprint density at radius 2 is 1.62 bits per heavy atom. The highest BCUT2D eigenvalue weighted by atomic mass is 35.5. The topological polar surface area (TPSA) is 67.7 Å². The van der Waals surface area contributed by atoms with Crippen molar-refractivity contribution >= 4 is 46.6 Å². The zero-order chi connectivity index (χ0) is 17.2. The molecule has 0 aliphatic carbocycles. The molecule has 2 aromatic carbocycles. The molecule has 0 saturated heterocycles. The maximum atomic E-state index is 4.66. The molecule has 132 valence electrons. The highest BCUT2D eigenvalue weighted by Crippen LogP contribution is 2.27. The van der Waals surface area contributed by atoms with E-state index in [1.165, 1.54) is 0 Å². The van der Waals surface area contributed by atoms with Crippen LogP contribution in [0.2, 0.25) is 0 Å². The first kappa shape index (κ1) is 17.7. The van der Waals surface area contributed by atoms with E-state index < -0.39 is 0 Å². The van der Waals surface area contributed by atoms with Gasteiger partial charge in [-0.25, -0.2) is 0 Å². The number of aromatic nitrogens is 4. The average molecular weight is 367 g/mol. The van der Waals surface area contributed by atoms with E-state index in [-0.39, 0.29) is 12.4 Å². The molecule has 0 amide bonds. The first-order valence-electron chi connectivity index (χ1n) is 8.05. The minimum atomic E-state index is 0. The van der Waals surface area contributed by atoms with Crippen LogP contribution in [0, 0.1) is 6.92 Å². The van der Waals surface area contributed by atoms with Gasteiger partial charge in [0, 0.05) is 18.4 Å². The molecule has 2 N–H and O–H groups in total. The summed E-state index contributed by atoms with van der Waals surface area (Å²) in [6.07, 6.45) is 1.78. The molecule has 0 radical (unpaired) electrons. The molecular formula is C19H19ClN6. The summed E-state index contributed by atoms with van der Waals surface area (Å²) in [5.74, 6) is 1.25. The van der Waals surface area contributed by atoms with E-state index >= 15 is 0 Å². The molecule has 2 aromatic heterocycles. The SMILES string of the molecule is Cc1ccccc1Nc1nc(Nc2ccccc2)nc2c1cnn2C.Cl. The number of anilines is 4. The second kappa shape index (κ2) is 7.41. The fraction of sp³-hybridized carbons (Fsp3) is 0.105. The van der Waals surface area contributed by atoms with Crippen LogP contribution in [0.25, 0.3) is 11.0 Å². The van der Waals surface area contributed by atoms with Gasteiger partial charge in [0.1, 0.15) is 5.82 Å². The molecule has 0 bridgehead atoms. The standard InChI is InChI=1S/C19H18N6.ClH/c1-13-8-6-7-11-16(13)22-17-15-12-20-25(2)18(15)24-19(23-17)21-14-9-4-3-5-10-14;/h3-12H,1-2H3,(H2,21,22,23,24);1H. The monoisotopic (exact) mass is 366 g/mol. The molecule has 0 spiro atoms. The minimum absolute atomic E-state index is 0. The zero-order valence-electron chi connectivity index (χ0n) is 14.5. The van der Waals surface area contributed by atoms with E-state index in [0.717, 1.165) is 33.8 Å². The van der Waals surface area contributed by atoms with Gasteiger partial charge >= 0.3 is 0 Å². The Hall–Kier alpha value is -3.12. The van der Waals surface area contributed by atoms with E-state index in [0.29, 0.717) is 5.95 Å². The van der Waals surface area contributed by atoms with Gasteiger partial charge in [0.25, 0.3) is 0 Å². The fourth-order valence-corrected chi connectivity index (χ4v) is 2.66. The molecule has 2 heterocycles. The second-order valence-corrected chi connectivity index (χ2v) is 5.83. The van der Waals surface area contributed by atoms with Gasteiger partial charge in [0.15, 0.2) is 5.65 Å². The van der Waals surface area contributed by atoms with Crippen molar-refractivity contribution in [1.29, 1.82) is 0 Å². The third kappa shape index (κ3) is 3.45. The van der Waals surface area contributed by atoms with Crippen molar-refractivity contribution in [1.82, 2.24) is 19.7 Å². The summed E-state index contributed by atoms with van der Waals surface area (Å²) >= 11 is 0. The number of nitrogens with one attached hydrogen (secondary N) is 2. The zero-order valence-corrected chi connectivity index (χ0v) is 15.3. The maximum absolute atomic E-state index is 4.66. The van der Waals surface area contributed by atoms with Crippen molar-refractivity contribution in [3.8, 4) is 0 Å². The average Bonchev–Trinajstić information content (AvgIpc) is 2.99. The Morgan fingerprint density at radius 3 is 2.38 bits per heavy atom. The van der Waals surface area contributed by atoms with E-state index in [9.17, 15) is 0 Å². The van der Waals surface area contributed by atoms with Crippen LogP contribution in [-0.4, -0.2) is 19.7 Å². The predicted octanol–water partition coefficient (Wildman–Crippen LogP) is 4.58. The van der Waals surface area contributed by atoms with Crippen molar-refractivity contribution in [2.24, 2.45) is 7.05 Å². The molecule has 0 saturated carbocycles. The first-order chi connectivity index (χ1) is 12.2. The summed E-state index contributed by atoms with van der Waals surface area (Å²) < 4.78 is 1.75. The van der Waals surface area contributed by atoms with Gasteiger partial charge in [-0.15, -0.1) is 12.4 Å². The van der Waals surface area contributed by atoms with Gasteiger partial charge in [-0.05, 0) is 30.7 Å². The summed E-state index contributed by atoms with van der Waals surface area (Å²) in [7, 11) is 1.87. The van der Waals surface area contributed by atoms with Crippen LogP contribution >= 0.6 is 12.4 Å². The first-order valence-corrected chi connectivity index (χ1v) is 8.05. The summed E-state index contributed by atoms with van der Waals surface area (Å²) in [6, 6.07) is 18.0. The normalized spacial score (nSPS) is 10.4. The molecular weight excluding hydrogens is 348 g/mol. The summed E-state index contributed by atoms with van der Waals surface area (Å²) in [4.78, 5) is 9.25. The smallest absolute Gasteiger partial charge is 0.231 e. The Bertz CT molecular complexity index is 1030. The molecule has 0 aliphatic rings. The van der Waals surface area contributed by atoms with Crippen molar-refractivity contribution in [2.75, 3.05) is 10.6 Å². The second-order valence-electron chi connectivity index (χ2n) is 5.83. The van der Waals surface area contributed by atoms with Crippen molar-refractivity contribution in [2.45, 2.75) is 6.92 Å². The Morgan fingerprint density at radius 1 is 0.885 bits per heavy atom. The maximum Gasteiger partial charge on any atom is 0.231 e. The number of para-hydroxylation sites is 2. The van der Waals surface area contributed by atoms with E-state index in [2.05, 4.69) is 38.7 Å². The number of nitrogens with zero attached hydrogens (tertiary/aromatic N) is 4. The number of hydrogen-bond donors (Lipinski definition) is 2. The van der Waals surface area contributed by atoms with Gasteiger partial charge in [-0.3, -0.25) is 4.68 Å². The summed E-state index contributed by atoms with van der Waals surface area (Å²) in [6.45, 7) is 2.06. The molecule has 0 atom stereocenters. The van der Waals surface area contributed by atoms with Crippen LogP contribution in [0.5, 0.6) is 0 Å². The lowest BCUT2D eigenvalue weighted by molar-refractivity contribution is 0.786. The Kier molecular flexibility index (Phi) is 5.04. The van der Waals surface area contributed by atoms with Crippen LogP contribution < -0.4 is 10.6 Å². The van der Waals surface area contributed by atoms with Crippen molar-refractivity contribution in [3.63, 3.8) is 0 Å². The molecule has 7 heteroatoms. The van der Waals surface area contributed by atoms with E-state index in [1.54, 1.807) is 10.9 Å². The van der Waals surface area contributed by atoms with Gasteiger partial charge in [-0.2, -0.15) is 15.1 Å². The van der Waals surface area contributed by atoms with Gasteiger partial charge in [-0.1, -0.05) is 36.4 Å². The lowest BCUT2D eigenvalue weighted by Crippen LogP contribution is -2.04. The number of benzene rings is 2. The van der Waals surface area contributed by atoms with Crippen molar-refractivity contribution in [3.05, 3.63) is 66.4 Å². The fourth-order valence-electron chi connectivity index (χ4n) is 2.66. The molecule has 4 rings (SSSR count). The molecule has 0 fully saturated rings. The molecule has 0 aliphatic heterocycles. The highest BCUT2D eigenvalue weighted by molar-refractivity contribution is 5.90. The number of fused-ring (bicyclic) bond motifs is 1. The number of hydrogen-bond acceptors (Lipinski definition) is 5. The quantitative estimate of drug-likeness (QED) is 0.553. The predicted molar refractivity (Wildman–Crippen MR) is 108 cm³/mol. The number of halogens is 1. The third-order valence-corrected chi connectivity index (χ3v) is 4.02. The summed E-state index contributed by atoms with van der Waals surface area (Å²) in [5, 5.41) is 11.9. The van der Waals surface area contributed by atoms with Gasteiger partial charge in [0.05, 0.1) is 11.6 Å². The van der Waals surface area contributed by atoms with Crippen LogP contribution in [0.4, 0.5) is 23.1 Å². The largest absolute Gasteiger partial charge is 0.339 e. The molecule has 4 aromatic rings. The lowest BCUT2D eigenvalue weighted by atomic mass is 10.2. The Labute approximate surface area is 157 Å². The lowest BCUT2D eigenvalue weighted by Gasteiger charge is -2.12. The third-order valence-electron chi connectivity index (χ3n) is 4.02. The van der Waals surface area contributed by atoms with Crippen LogP contribution in [0.3, 0.4) is 0 Å². The minimum Gasteiger partial charge on any atom is -0.339 e. The van der Waals surface area contributed by atoms with Gasteiger partial charge < -0.3 is 10.6 Å². The number of rotatable bonds is 4. The van der Waals surface area contributed by atoms with Crippen LogP contribution in [-0.2, 0) is 7.05 Å². The molecule has 26 heavy (non-hydrogen) atoms. The van der Waals surface area contributed by atoms with Gasteiger partial charge in [0.2, 0.25) is 5.95 Å². The number of aryl methyl sites for hydroxylation is 2. The van der Waals surface area contributed by atoms with E-state index in [1.807, 2.05) is 55.6 Å². The van der Waals surface area contributed by atoms with Crippen LogP contribution in [0.1, 0.15) is 5.56 Å².